The Morgan fingerprint density at radius 1 is 1.16 bits per heavy atom. The van der Waals surface area contributed by atoms with E-state index in [2.05, 4.69) is 14.9 Å². The van der Waals surface area contributed by atoms with Gasteiger partial charge in [-0.2, -0.15) is 9.97 Å². The molecule has 1 saturated heterocycles. The SMILES string of the molecule is COc1cc(OC)nc(N2CC3CCC(N)C3C2)n1. The lowest BCUT2D eigenvalue weighted by atomic mass is 9.98. The van der Waals surface area contributed by atoms with Crippen LogP contribution in [0.4, 0.5) is 5.95 Å². The largest absolute Gasteiger partial charge is 0.481 e. The van der Waals surface area contributed by atoms with Crippen LogP contribution < -0.4 is 20.1 Å². The molecule has 3 unspecified atom stereocenters. The third-order valence-electron chi connectivity index (χ3n) is 4.28. The zero-order chi connectivity index (χ0) is 13.4. The first-order chi connectivity index (χ1) is 9.21. The molecular weight excluding hydrogens is 244 g/mol. The summed E-state index contributed by atoms with van der Waals surface area (Å²) in [5, 5.41) is 0. The second-order valence-electron chi connectivity index (χ2n) is 5.32. The molecule has 0 amide bonds. The molecule has 6 nitrogen and oxygen atoms in total. The van der Waals surface area contributed by atoms with Crippen LogP contribution in [0.3, 0.4) is 0 Å². The molecule has 0 aromatic carbocycles. The fourth-order valence-corrected chi connectivity index (χ4v) is 3.21. The van der Waals surface area contributed by atoms with Crippen molar-refractivity contribution in [2.24, 2.45) is 17.6 Å². The molecule has 1 aromatic heterocycles. The van der Waals surface area contributed by atoms with Crippen molar-refractivity contribution in [3.8, 4) is 11.8 Å². The molecule has 3 atom stereocenters. The average molecular weight is 264 g/mol. The number of hydrogen-bond donors (Lipinski definition) is 1. The molecule has 2 heterocycles. The van der Waals surface area contributed by atoms with Crippen LogP contribution in [0.5, 0.6) is 11.8 Å². The van der Waals surface area contributed by atoms with E-state index < -0.39 is 0 Å². The molecular formula is C13H20N4O2. The second-order valence-corrected chi connectivity index (χ2v) is 5.32. The van der Waals surface area contributed by atoms with Crippen LogP contribution in [0.1, 0.15) is 12.8 Å². The molecule has 2 fully saturated rings. The number of nitrogens with zero attached hydrogens (tertiary/aromatic N) is 3. The third-order valence-corrected chi connectivity index (χ3v) is 4.28. The summed E-state index contributed by atoms with van der Waals surface area (Å²) >= 11 is 0. The molecule has 1 aromatic rings. The van der Waals surface area contributed by atoms with E-state index in [0.717, 1.165) is 19.5 Å². The summed E-state index contributed by atoms with van der Waals surface area (Å²) in [6.07, 6.45) is 2.36. The summed E-state index contributed by atoms with van der Waals surface area (Å²) in [7, 11) is 3.19. The van der Waals surface area contributed by atoms with E-state index in [1.807, 2.05) is 0 Å². The summed E-state index contributed by atoms with van der Waals surface area (Å²) in [5.41, 5.74) is 6.16. The maximum atomic E-state index is 6.16. The zero-order valence-electron chi connectivity index (χ0n) is 11.4. The molecule has 0 spiro atoms. The summed E-state index contributed by atoms with van der Waals surface area (Å²) in [5.74, 6) is 2.99. The molecule has 2 aliphatic rings. The van der Waals surface area contributed by atoms with Crippen LogP contribution in [0.25, 0.3) is 0 Å². The maximum Gasteiger partial charge on any atom is 0.231 e. The molecule has 104 valence electrons. The average Bonchev–Trinajstić information content (AvgIpc) is 3.01. The number of ether oxygens (including phenoxy) is 2. The highest BCUT2D eigenvalue weighted by molar-refractivity contribution is 5.38. The van der Waals surface area contributed by atoms with Gasteiger partial charge in [0.05, 0.1) is 20.3 Å². The minimum Gasteiger partial charge on any atom is -0.481 e. The highest BCUT2D eigenvalue weighted by Crippen LogP contribution is 2.38. The van der Waals surface area contributed by atoms with Gasteiger partial charge in [-0.3, -0.25) is 0 Å². The van der Waals surface area contributed by atoms with Gasteiger partial charge in [-0.1, -0.05) is 0 Å². The van der Waals surface area contributed by atoms with Crippen LogP contribution in [0.15, 0.2) is 6.07 Å². The van der Waals surface area contributed by atoms with Crippen molar-refractivity contribution in [1.82, 2.24) is 9.97 Å². The van der Waals surface area contributed by atoms with Crippen LogP contribution >= 0.6 is 0 Å². The Labute approximate surface area is 112 Å². The summed E-state index contributed by atoms with van der Waals surface area (Å²) in [6.45, 7) is 1.91. The van der Waals surface area contributed by atoms with Gasteiger partial charge in [0, 0.05) is 19.1 Å². The van der Waals surface area contributed by atoms with Crippen molar-refractivity contribution >= 4 is 5.95 Å². The molecule has 19 heavy (non-hydrogen) atoms. The monoisotopic (exact) mass is 264 g/mol. The normalized spacial score (nSPS) is 29.4. The minimum atomic E-state index is 0.322. The van der Waals surface area contributed by atoms with Crippen molar-refractivity contribution < 1.29 is 9.47 Å². The van der Waals surface area contributed by atoms with E-state index in [-0.39, 0.29) is 0 Å². The Hall–Kier alpha value is -1.56. The molecule has 0 bridgehead atoms. The zero-order valence-corrected chi connectivity index (χ0v) is 11.4. The molecule has 3 rings (SSSR count). The van der Waals surface area contributed by atoms with E-state index in [1.54, 1.807) is 20.3 Å². The molecule has 2 N–H and O–H groups in total. The fourth-order valence-electron chi connectivity index (χ4n) is 3.21. The number of hydrogen-bond acceptors (Lipinski definition) is 6. The summed E-state index contributed by atoms with van der Waals surface area (Å²) in [6, 6.07) is 2.01. The first-order valence-corrected chi connectivity index (χ1v) is 6.69. The van der Waals surface area contributed by atoms with Gasteiger partial charge in [-0.05, 0) is 24.7 Å². The van der Waals surface area contributed by atoms with Crippen molar-refractivity contribution in [3.63, 3.8) is 0 Å². The Bertz CT molecular complexity index is 446. The highest BCUT2D eigenvalue weighted by Gasteiger charge is 2.41. The van der Waals surface area contributed by atoms with Crippen molar-refractivity contribution in [2.75, 3.05) is 32.2 Å². The second kappa shape index (κ2) is 4.85. The smallest absolute Gasteiger partial charge is 0.231 e. The van der Waals surface area contributed by atoms with Crippen molar-refractivity contribution in [1.29, 1.82) is 0 Å². The predicted molar refractivity (Wildman–Crippen MR) is 71.5 cm³/mol. The van der Waals surface area contributed by atoms with Gasteiger partial charge in [0.15, 0.2) is 0 Å². The number of methoxy groups -OCH3 is 2. The Morgan fingerprint density at radius 2 is 1.84 bits per heavy atom. The number of anilines is 1. The third kappa shape index (κ3) is 2.20. The lowest BCUT2D eigenvalue weighted by molar-refractivity contribution is 0.371. The van der Waals surface area contributed by atoms with Gasteiger partial charge in [0.25, 0.3) is 0 Å². The van der Waals surface area contributed by atoms with E-state index >= 15 is 0 Å². The lowest BCUT2D eigenvalue weighted by Crippen LogP contribution is -2.30. The van der Waals surface area contributed by atoms with Gasteiger partial charge in [0.1, 0.15) is 0 Å². The van der Waals surface area contributed by atoms with Gasteiger partial charge in [-0.25, -0.2) is 0 Å². The summed E-state index contributed by atoms with van der Waals surface area (Å²) in [4.78, 5) is 11.0. The Balaban J connectivity index is 1.83. The van der Waals surface area contributed by atoms with Gasteiger partial charge in [0.2, 0.25) is 17.7 Å². The topological polar surface area (TPSA) is 73.5 Å². The molecule has 0 radical (unpaired) electrons. The predicted octanol–water partition coefficient (Wildman–Crippen LogP) is 0.667. The number of fused-ring (bicyclic) bond motifs is 1. The van der Waals surface area contributed by atoms with Crippen LogP contribution in [0.2, 0.25) is 0 Å². The van der Waals surface area contributed by atoms with Gasteiger partial charge >= 0.3 is 0 Å². The van der Waals surface area contributed by atoms with Crippen LogP contribution in [-0.2, 0) is 0 Å². The van der Waals surface area contributed by atoms with Crippen molar-refractivity contribution in [2.45, 2.75) is 18.9 Å². The minimum absolute atomic E-state index is 0.322. The molecule has 1 saturated carbocycles. The molecule has 1 aliphatic heterocycles. The van der Waals surface area contributed by atoms with Crippen LogP contribution in [0, 0.1) is 11.8 Å². The number of aromatic nitrogens is 2. The fraction of sp³-hybridized carbons (Fsp3) is 0.692. The van der Waals surface area contributed by atoms with E-state index in [0.29, 0.717) is 35.6 Å². The lowest BCUT2D eigenvalue weighted by Gasteiger charge is -2.19. The van der Waals surface area contributed by atoms with E-state index in [1.165, 1.54) is 6.42 Å². The Kier molecular flexibility index (Phi) is 3.18. The highest BCUT2D eigenvalue weighted by atomic mass is 16.5. The molecule has 6 heteroatoms. The standard InChI is InChI=1S/C13H20N4O2/c1-18-11-5-12(19-2)16-13(15-11)17-6-8-3-4-10(14)9(8)7-17/h5,8-10H,3-4,6-7,14H2,1-2H3. The Morgan fingerprint density at radius 3 is 2.42 bits per heavy atom. The van der Waals surface area contributed by atoms with Gasteiger partial charge < -0.3 is 20.1 Å². The van der Waals surface area contributed by atoms with Crippen molar-refractivity contribution in [3.05, 3.63) is 6.07 Å². The quantitative estimate of drug-likeness (QED) is 0.865. The maximum absolute atomic E-state index is 6.16. The van der Waals surface area contributed by atoms with E-state index in [4.69, 9.17) is 15.2 Å². The first-order valence-electron chi connectivity index (χ1n) is 6.69. The number of rotatable bonds is 3. The van der Waals surface area contributed by atoms with Crippen LogP contribution in [-0.4, -0.2) is 43.3 Å². The molecule has 1 aliphatic carbocycles. The van der Waals surface area contributed by atoms with Gasteiger partial charge in [-0.15, -0.1) is 0 Å². The number of nitrogens with two attached hydrogens (primary N) is 1. The first kappa shape index (κ1) is 12.5. The van der Waals surface area contributed by atoms with E-state index in [9.17, 15) is 0 Å². The summed E-state index contributed by atoms with van der Waals surface area (Å²) < 4.78 is 10.4.